The van der Waals surface area contributed by atoms with Crippen LogP contribution in [0.3, 0.4) is 0 Å². The summed E-state index contributed by atoms with van der Waals surface area (Å²) < 4.78 is 6.39. The van der Waals surface area contributed by atoms with Gasteiger partial charge in [-0.05, 0) is 47.6 Å². The molecule has 78 valence electrons. The molecule has 0 atom stereocenters. The summed E-state index contributed by atoms with van der Waals surface area (Å²) in [5.74, 6) is 0. The monoisotopic (exact) mass is 314 g/mol. The van der Waals surface area contributed by atoms with Gasteiger partial charge < -0.3 is 4.74 Å². The van der Waals surface area contributed by atoms with Crippen LogP contribution in [-0.4, -0.2) is 18.2 Å². The van der Waals surface area contributed by atoms with Crippen LogP contribution in [0.4, 0.5) is 0 Å². The summed E-state index contributed by atoms with van der Waals surface area (Å²) in [5, 5.41) is 9.32. The van der Waals surface area contributed by atoms with E-state index in [1.807, 2.05) is 18.3 Å². The molecule has 1 aliphatic heterocycles. The van der Waals surface area contributed by atoms with Gasteiger partial charge in [0, 0.05) is 23.0 Å². The Morgan fingerprint density at radius 3 is 2.67 bits per heavy atom. The molecular weight excluding hydrogens is 303 g/mol. The molecule has 3 nitrogen and oxygen atoms in total. The van der Waals surface area contributed by atoms with Crippen LogP contribution in [0.1, 0.15) is 18.5 Å². The van der Waals surface area contributed by atoms with Crippen molar-refractivity contribution >= 4 is 22.6 Å². The van der Waals surface area contributed by atoms with E-state index in [0.717, 1.165) is 22.1 Å². The second-order valence-corrected chi connectivity index (χ2v) is 4.91. The van der Waals surface area contributed by atoms with Crippen molar-refractivity contribution in [2.24, 2.45) is 0 Å². The lowest BCUT2D eigenvalue weighted by Crippen LogP contribution is -2.33. The zero-order chi connectivity index (χ0) is 10.7. The smallest absolute Gasteiger partial charge is 0.104 e. The van der Waals surface area contributed by atoms with Gasteiger partial charge in [-0.2, -0.15) is 5.26 Å². The second kappa shape index (κ2) is 4.45. The zero-order valence-corrected chi connectivity index (χ0v) is 10.4. The maximum Gasteiger partial charge on any atom is 0.104 e. The van der Waals surface area contributed by atoms with E-state index < -0.39 is 5.41 Å². The van der Waals surface area contributed by atoms with Gasteiger partial charge in [0.1, 0.15) is 5.41 Å². The summed E-state index contributed by atoms with van der Waals surface area (Å²) in [6, 6.07) is 6.36. The van der Waals surface area contributed by atoms with E-state index in [1.165, 1.54) is 0 Å². The quantitative estimate of drug-likeness (QED) is 0.747. The van der Waals surface area contributed by atoms with Crippen LogP contribution in [0.2, 0.25) is 0 Å². The van der Waals surface area contributed by atoms with Crippen LogP contribution in [0.25, 0.3) is 0 Å². The average molecular weight is 314 g/mol. The minimum absolute atomic E-state index is 0.428. The lowest BCUT2D eigenvalue weighted by molar-refractivity contribution is 0.0663. The molecule has 0 saturated carbocycles. The summed E-state index contributed by atoms with van der Waals surface area (Å²) in [5.41, 5.74) is 0.455. The van der Waals surface area contributed by atoms with Gasteiger partial charge in [-0.1, -0.05) is 0 Å². The molecular formula is C11H11IN2O. The van der Waals surface area contributed by atoms with Gasteiger partial charge in [-0.3, -0.25) is 4.98 Å². The first kappa shape index (κ1) is 10.8. The predicted molar refractivity (Wildman–Crippen MR) is 64.3 cm³/mol. The number of rotatable bonds is 1. The molecule has 0 N–H and O–H groups in total. The van der Waals surface area contributed by atoms with Crippen molar-refractivity contribution in [3.05, 3.63) is 27.6 Å². The highest BCUT2D eigenvalue weighted by molar-refractivity contribution is 14.1. The first-order valence-corrected chi connectivity index (χ1v) is 5.96. The Hall–Kier alpha value is -0.670. The molecule has 2 rings (SSSR count). The Morgan fingerprint density at radius 1 is 1.40 bits per heavy atom. The van der Waals surface area contributed by atoms with Crippen LogP contribution in [0.5, 0.6) is 0 Å². The summed E-state index contributed by atoms with van der Waals surface area (Å²) in [4.78, 5) is 4.36. The van der Waals surface area contributed by atoms with Crippen molar-refractivity contribution in [1.82, 2.24) is 4.98 Å². The Balaban J connectivity index is 2.33. The molecule has 1 aromatic heterocycles. The first-order chi connectivity index (χ1) is 7.27. The van der Waals surface area contributed by atoms with Gasteiger partial charge in [0.2, 0.25) is 0 Å². The minimum Gasteiger partial charge on any atom is -0.381 e. The summed E-state index contributed by atoms with van der Waals surface area (Å²) in [6.07, 6.45) is 3.30. The third kappa shape index (κ3) is 2.13. The largest absolute Gasteiger partial charge is 0.381 e. The Morgan fingerprint density at radius 2 is 2.13 bits per heavy atom. The number of hydrogen-bond donors (Lipinski definition) is 0. The van der Waals surface area contributed by atoms with Crippen molar-refractivity contribution in [2.75, 3.05) is 13.2 Å². The third-order valence-corrected chi connectivity index (χ3v) is 3.42. The van der Waals surface area contributed by atoms with Gasteiger partial charge in [0.25, 0.3) is 0 Å². The molecule has 0 bridgehead atoms. The number of ether oxygens (including phenoxy) is 1. The minimum atomic E-state index is -0.428. The SMILES string of the molecule is N#CC1(c2ccc(I)cn2)CCOCC1. The summed E-state index contributed by atoms with van der Waals surface area (Å²) in [6.45, 7) is 1.31. The molecule has 0 amide bonds. The number of halogens is 1. The van der Waals surface area contributed by atoms with Crippen LogP contribution < -0.4 is 0 Å². The summed E-state index contributed by atoms with van der Waals surface area (Å²) in [7, 11) is 0. The molecule has 0 spiro atoms. The molecule has 0 unspecified atom stereocenters. The fraction of sp³-hybridized carbons (Fsp3) is 0.455. The van der Waals surface area contributed by atoms with Crippen LogP contribution in [0, 0.1) is 14.9 Å². The normalized spacial score (nSPS) is 19.5. The van der Waals surface area contributed by atoms with Crippen LogP contribution in [0.15, 0.2) is 18.3 Å². The van der Waals surface area contributed by atoms with Gasteiger partial charge in [0.05, 0.1) is 11.8 Å². The van der Waals surface area contributed by atoms with E-state index in [9.17, 15) is 5.26 Å². The van der Waals surface area contributed by atoms with Crippen molar-refractivity contribution in [2.45, 2.75) is 18.3 Å². The Bertz CT molecular complexity index is 377. The third-order valence-electron chi connectivity index (χ3n) is 2.78. The molecule has 1 aromatic rings. The Kier molecular flexibility index (Phi) is 3.22. The first-order valence-electron chi connectivity index (χ1n) is 4.88. The van der Waals surface area contributed by atoms with E-state index in [0.29, 0.717) is 13.2 Å². The highest BCUT2D eigenvalue weighted by atomic mass is 127. The topological polar surface area (TPSA) is 45.9 Å². The number of aromatic nitrogens is 1. The fourth-order valence-corrected chi connectivity index (χ4v) is 2.12. The number of nitrogens with zero attached hydrogens (tertiary/aromatic N) is 2. The molecule has 0 radical (unpaired) electrons. The molecule has 2 heterocycles. The molecule has 15 heavy (non-hydrogen) atoms. The Labute approximate surface area is 103 Å². The molecule has 0 aliphatic carbocycles. The fourth-order valence-electron chi connectivity index (χ4n) is 1.80. The van der Waals surface area contributed by atoms with Gasteiger partial charge in [-0.25, -0.2) is 0 Å². The van der Waals surface area contributed by atoms with Crippen molar-refractivity contribution in [1.29, 1.82) is 5.26 Å². The number of hydrogen-bond acceptors (Lipinski definition) is 3. The van der Waals surface area contributed by atoms with E-state index in [2.05, 4.69) is 33.6 Å². The molecule has 0 aromatic carbocycles. The number of nitriles is 1. The molecule has 1 aliphatic rings. The van der Waals surface area contributed by atoms with Crippen LogP contribution in [-0.2, 0) is 10.2 Å². The van der Waals surface area contributed by atoms with E-state index in [-0.39, 0.29) is 0 Å². The maximum absolute atomic E-state index is 9.32. The van der Waals surface area contributed by atoms with E-state index >= 15 is 0 Å². The van der Waals surface area contributed by atoms with Gasteiger partial charge in [-0.15, -0.1) is 0 Å². The standard InChI is InChI=1S/C11H11IN2O/c12-9-1-2-10(14-7-9)11(8-13)3-5-15-6-4-11/h1-2,7H,3-6H2. The highest BCUT2D eigenvalue weighted by Gasteiger charge is 2.35. The average Bonchev–Trinajstić information content (AvgIpc) is 2.31. The molecule has 4 heteroatoms. The van der Waals surface area contributed by atoms with Crippen molar-refractivity contribution in [3.8, 4) is 6.07 Å². The molecule has 1 fully saturated rings. The van der Waals surface area contributed by atoms with Gasteiger partial charge in [0.15, 0.2) is 0 Å². The zero-order valence-electron chi connectivity index (χ0n) is 8.24. The van der Waals surface area contributed by atoms with E-state index in [4.69, 9.17) is 4.74 Å². The maximum atomic E-state index is 9.32. The lowest BCUT2D eigenvalue weighted by Gasteiger charge is -2.29. The number of pyridine rings is 1. The highest BCUT2D eigenvalue weighted by Crippen LogP contribution is 2.32. The second-order valence-electron chi connectivity index (χ2n) is 3.67. The van der Waals surface area contributed by atoms with Crippen molar-refractivity contribution < 1.29 is 4.74 Å². The predicted octanol–water partition coefficient (Wildman–Crippen LogP) is 2.26. The summed E-state index contributed by atoms with van der Waals surface area (Å²) >= 11 is 2.21. The lowest BCUT2D eigenvalue weighted by atomic mass is 9.78. The molecule has 1 saturated heterocycles. The van der Waals surface area contributed by atoms with Crippen LogP contribution >= 0.6 is 22.6 Å². The van der Waals surface area contributed by atoms with Crippen molar-refractivity contribution in [3.63, 3.8) is 0 Å². The van der Waals surface area contributed by atoms with E-state index in [1.54, 1.807) is 0 Å². The van der Waals surface area contributed by atoms with Gasteiger partial charge >= 0.3 is 0 Å².